The van der Waals surface area contributed by atoms with Crippen molar-refractivity contribution in [3.63, 3.8) is 0 Å². The second kappa shape index (κ2) is 6.39. The van der Waals surface area contributed by atoms with Crippen LogP contribution in [0.2, 0.25) is 0 Å². The van der Waals surface area contributed by atoms with Crippen LogP contribution in [0.5, 0.6) is 0 Å². The molecule has 0 spiro atoms. The summed E-state index contributed by atoms with van der Waals surface area (Å²) >= 11 is 0. The zero-order valence-corrected chi connectivity index (χ0v) is 13.0. The van der Waals surface area contributed by atoms with Gasteiger partial charge in [0.05, 0.1) is 0 Å². The molecule has 0 unspecified atom stereocenters. The SMILES string of the molecule is CNCCc1ccccc1-c1nnc(C)n1C1CCCC1. The second-order valence-corrected chi connectivity index (χ2v) is 5.89. The van der Waals surface area contributed by atoms with Gasteiger partial charge in [-0.15, -0.1) is 10.2 Å². The maximum absolute atomic E-state index is 4.49. The van der Waals surface area contributed by atoms with Gasteiger partial charge in [0.15, 0.2) is 5.82 Å². The summed E-state index contributed by atoms with van der Waals surface area (Å²) in [5, 5.41) is 12.1. The predicted molar refractivity (Wildman–Crippen MR) is 85.3 cm³/mol. The van der Waals surface area contributed by atoms with Gasteiger partial charge in [-0.25, -0.2) is 0 Å². The number of aromatic nitrogens is 3. The molecule has 21 heavy (non-hydrogen) atoms. The monoisotopic (exact) mass is 284 g/mol. The molecule has 0 radical (unpaired) electrons. The van der Waals surface area contributed by atoms with Crippen LogP contribution in [0.3, 0.4) is 0 Å². The summed E-state index contributed by atoms with van der Waals surface area (Å²) in [4.78, 5) is 0. The van der Waals surface area contributed by atoms with Gasteiger partial charge in [0.2, 0.25) is 0 Å². The topological polar surface area (TPSA) is 42.7 Å². The van der Waals surface area contributed by atoms with Gasteiger partial charge in [0.1, 0.15) is 5.82 Å². The van der Waals surface area contributed by atoms with Crippen LogP contribution in [-0.4, -0.2) is 28.4 Å². The lowest BCUT2D eigenvalue weighted by Crippen LogP contribution is -2.12. The van der Waals surface area contributed by atoms with Gasteiger partial charge in [-0.3, -0.25) is 0 Å². The standard InChI is InChI=1S/C17H24N4/c1-13-19-20-17(21(13)15-8-4-5-9-15)16-10-6-3-7-14(16)11-12-18-2/h3,6-7,10,15,18H,4-5,8-9,11-12H2,1-2H3. The molecular formula is C17H24N4. The Morgan fingerprint density at radius 2 is 1.95 bits per heavy atom. The lowest BCUT2D eigenvalue weighted by atomic mass is 10.0. The van der Waals surface area contributed by atoms with Crippen molar-refractivity contribution in [2.24, 2.45) is 0 Å². The first-order valence-corrected chi connectivity index (χ1v) is 7.95. The first-order valence-electron chi connectivity index (χ1n) is 7.95. The van der Waals surface area contributed by atoms with E-state index < -0.39 is 0 Å². The van der Waals surface area contributed by atoms with Crippen molar-refractivity contribution in [1.82, 2.24) is 20.1 Å². The molecule has 4 nitrogen and oxygen atoms in total. The Morgan fingerprint density at radius 1 is 1.19 bits per heavy atom. The fraction of sp³-hybridized carbons (Fsp3) is 0.529. The van der Waals surface area contributed by atoms with Crippen LogP contribution in [0.15, 0.2) is 24.3 Å². The minimum absolute atomic E-state index is 0.576. The van der Waals surface area contributed by atoms with Crippen molar-refractivity contribution >= 4 is 0 Å². The molecule has 112 valence electrons. The number of aryl methyl sites for hydroxylation is 1. The molecule has 0 bridgehead atoms. The Balaban J connectivity index is 2.00. The van der Waals surface area contributed by atoms with Crippen LogP contribution in [0.4, 0.5) is 0 Å². The fourth-order valence-corrected chi connectivity index (χ4v) is 3.37. The highest BCUT2D eigenvalue weighted by molar-refractivity contribution is 5.61. The zero-order chi connectivity index (χ0) is 14.7. The molecule has 1 fully saturated rings. The maximum atomic E-state index is 4.49. The Labute approximate surface area is 126 Å². The minimum Gasteiger partial charge on any atom is -0.319 e. The molecule has 1 heterocycles. The maximum Gasteiger partial charge on any atom is 0.164 e. The summed E-state index contributed by atoms with van der Waals surface area (Å²) in [6.45, 7) is 3.05. The molecule has 3 rings (SSSR count). The zero-order valence-electron chi connectivity index (χ0n) is 13.0. The number of hydrogen-bond donors (Lipinski definition) is 1. The van der Waals surface area contributed by atoms with E-state index in [4.69, 9.17) is 0 Å². The molecule has 1 aliphatic rings. The summed E-state index contributed by atoms with van der Waals surface area (Å²) in [6.07, 6.45) is 6.17. The first kappa shape index (κ1) is 14.3. The highest BCUT2D eigenvalue weighted by Gasteiger charge is 2.23. The van der Waals surface area contributed by atoms with E-state index in [0.717, 1.165) is 24.6 Å². The van der Waals surface area contributed by atoms with Crippen LogP contribution in [0.1, 0.15) is 43.1 Å². The molecule has 1 aliphatic carbocycles. The van der Waals surface area contributed by atoms with Crippen molar-refractivity contribution < 1.29 is 0 Å². The van der Waals surface area contributed by atoms with Gasteiger partial charge in [-0.2, -0.15) is 0 Å². The number of nitrogens with zero attached hydrogens (tertiary/aromatic N) is 3. The number of rotatable bonds is 5. The number of hydrogen-bond acceptors (Lipinski definition) is 3. The summed E-state index contributed by atoms with van der Waals surface area (Å²) in [6, 6.07) is 9.17. The van der Waals surface area contributed by atoms with Crippen LogP contribution in [0, 0.1) is 6.92 Å². The van der Waals surface area contributed by atoms with Crippen molar-refractivity contribution in [2.45, 2.75) is 45.1 Å². The number of benzene rings is 1. The number of likely N-dealkylation sites (N-methyl/N-ethyl adjacent to an activating group) is 1. The quantitative estimate of drug-likeness (QED) is 0.917. The third-order valence-corrected chi connectivity index (χ3v) is 4.46. The summed E-state index contributed by atoms with van der Waals surface area (Å²) in [5.74, 6) is 2.09. The van der Waals surface area contributed by atoms with Crippen molar-refractivity contribution in [2.75, 3.05) is 13.6 Å². The average molecular weight is 284 g/mol. The van der Waals surface area contributed by atoms with E-state index in [1.807, 2.05) is 7.05 Å². The van der Waals surface area contributed by atoms with E-state index >= 15 is 0 Å². The fourth-order valence-electron chi connectivity index (χ4n) is 3.37. The summed E-state index contributed by atoms with van der Waals surface area (Å²) in [7, 11) is 1.99. The van der Waals surface area contributed by atoms with E-state index in [9.17, 15) is 0 Å². The molecule has 2 aromatic rings. The van der Waals surface area contributed by atoms with E-state index in [1.165, 1.54) is 36.8 Å². The van der Waals surface area contributed by atoms with E-state index in [0.29, 0.717) is 6.04 Å². The van der Waals surface area contributed by atoms with E-state index in [2.05, 4.69) is 51.3 Å². The highest BCUT2D eigenvalue weighted by Crippen LogP contribution is 2.34. The van der Waals surface area contributed by atoms with Gasteiger partial charge in [0, 0.05) is 11.6 Å². The van der Waals surface area contributed by atoms with Gasteiger partial charge < -0.3 is 9.88 Å². The molecule has 1 saturated carbocycles. The van der Waals surface area contributed by atoms with Gasteiger partial charge in [-0.05, 0) is 45.3 Å². The Bertz CT molecular complexity index is 597. The lowest BCUT2D eigenvalue weighted by Gasteiger charge is -2.17. The average Bonchev–Trinajstić information content (AvgIpc) is 3.14. The van der Waals surface area contributed by atoms with Crippen LogP contribution >= 0.6 is 0 Å². The van der Waals surface area contributed by atoms with Crippen molar-refractivity contribution in [1.29, 1.82) is 0 Å². The second-order valence-electron chi connectivity index (χ2n) is 5.89. The third-order valence-electron chi connectivity index (χ3n) is 4.46. The molecule has 1 N–H and O–H groups in total. The molecule has 0 saturated heterocycles. The molecule has 4 heteroatoms. The summed E-state index contributed by atoms with van der Waals surface area (Å²) < 4.78 is 2.37. The molecule has 1 aromatic carbocycles. The van der Waals surface area contributed by atoms with Crippen LogP contribution in [0.25, 0.3) is 11.4 Å². The molecule has 0 atom stereocenters. The lowest BCUT2D eigenvalue weighted by molar-refractivity contribution is 0.510. The molecular weight excluding hydrogens is 260 g/mol. The predicted octanol–water partition coefficient (Wildman–Crippen LogP) is 3.13. The van der Waals surface area contributed by atoms with Gasteiger partial charge in [-0.1, -0.05) is 37.1 Å². The van der Waals surface area contributed by atoms with Crippen molar-refractivity contribution in [3.05, 3.63) is 35.7 Å². The summed E-state index contributed by atoms with van der Waals surface area (Å²) in [5.41, 5.74) is 2.58. The van der Waals surface area contributed by atoms with Crippen LogP contribution < -0.4 is 5.32 Å². The smallest absolute Gasteiger partial charge is 0.164 e. The Hall–Kier alpha value is -1.68. The highest BCUT2D eigenvalue weighted by atomic mass is 15.3. The third kappa shape index (κ3) is 2.86. The largest absolute Gasteiger partial charge is 0.319 e. The Morgan fingerprint density at radius 3 is 2.71 bits per heavy atom. The van der Waals surface area contributed by atoms with E-state index in [1.54, 1.807) is 0 Å². The normalized spacial score (nSPS) is 15.7. The van der Waals surface area contributed by atoms with Crippen molar-refractivity contribution in [3.8, 4) is 11.4 Å². The first-order chi connectivity index (χ1) is 10.3. The Kier molecular flexibility index (Phi) is 4.34. The van der Waals surface area contributed by atoms with E-state index in [-0.39, 0.29) is 0 Å². The van der Waals surface area contributed by atoms with Gasteiger partial charge >= 0.3 is 0 Å². The molecule has 0 amide bonds. The molecule has 1 aromatic heterocycles. The van der Waals surface area contributed by atoms with Gasteiger partial charge in [0.25, 0.3) is 0 Å². The molecule has 0 aliphatic heterocycles. The minimum atomic E-state index is 0.576. The van der Waals surface area contributed by atoms with Crippen LogP contribution in [-0.2, 0) is 6.42 Å². The number of nitrogens with one attached hydrogen (secondary N) is 1.